The molecule has 1 aliphatic heterocycles. The van der Waals surface area contributed by atoms with Crippen LogP contribution in [0.4, 0.5) is 11.4 Å². The van der Waals surface area contributed by atoms with Crippen molar-refractivity contribution in [1.29, 1.82) is 0 Å². The monoisotopic (exact) mass is 398 g/mol. The second kappa shape index (κ2) is 7.34. The highest BCUT2D eigenvalue weighted by atomic mass is 16.3. The number of fused-ring (bicyclic) bond motifs is 2. The molecule has 5 heteroatoms. The van der Waals surface area contributed by atoms with E-state index in [1.54, 1.807) is 29.4 Å². The predicted molar refractivity (Wildman–Crippen MR) is 115 cm³/mol. The summed E-state index contributed by atoms with van der Waals surface area (Å²) in [5.74, 6) is 0.146. The number of Topliss-reactive ketones (excluding diaryl/α,β-unsaturated/α-hetero) is 1. The molecule has 3 atom stereocenters. The standard InChI is InChI=1S/C25H22N2O3/c1-16-14-19-23(21(28)15-16)24(22-12-7-13-30-22)27(20-11-6-5-10-18(20)26-19)25(29)17-8-3-2-4-9-17/h2-14,16,23-24,26H,15H2,1H3/t16-,23+,24+/m0/s1. The summed E-state index contributed by atoms with van der Waals surface area (Å²) in [4.78, 5) is 28.8. The zero-order valence-corrected chi connectivity index (χ0v) is 16.6. The number of rotatable bonds is 2. The number of furan rings is 1. The van der Waals surface area contributed by atoms with Crippen molar-refractivity contribution in [2.24, 2.45) is 11.8 Å². The van der Waals surface area contributed by atoms with Crippen molar-refractivity contribution in [3.63, 3.8) is 0 Å². The maximum atomic E-state index is 13.8. The summed E-state index contributed by atoms with van der Waals surface area (Å²) in [6.07, 6.45) is 4.14. The van der Waals surface area contributed by atoms with E-state index in [0.29, 0.717) is 17.7 Å². The van der Waals surface area contributed by atoms with Gasteiger partial charge >= 0.3 is 0 Å². The van der Waals surface area contributed by atoms with E-state index in [0.717, 1.165) is 17.1 Å². The van der Waals surface area contributed by atoms with Gasteiger partial charge in [0.15, 0.2) is 0 Å². The van der Waals surface area contributed by atoms with Crippen molar-refractivity contribution in [3.05, 3.63) is 96.1 Å². The van der Waals surface area contributed by atoms with Crippen LogP contribution in [-0.4, -0.2) is 11.7 Å². The van der Waals surface area contributed by atoms with E-state index in [2.05, 4.69) is 11.4 Å². The minimum Gasteiger partial charge on any atom is -0.467 e. The summed E-state index contributed by atoms with van der Waals surface area (Å²) in [6.45, 7) is 2.04. The van der Waals surface area contributed by atoms with Crippen molar-refractivity contribution < 1.29 is 14.0 Å². The number of carbonyl (C=O) groups is 2. The van der Waals surface area contributed by atoms with Crippen molar-refractivity contribution in [2.75, 3.05) is 10.2 Å². The van der Waals surface area contributed by atoms with Gasteiger partial charge in [0, 0.05) is 17.7 Å². The van der Waals surface area contributed by atoms with Crippen LogP contribution in [0.3, 0.4) is 0 Å². The summed E-state index contributed by atoms with van der Waals surface area (Å²) >= 11 is 0. The number of ketones is 1. The Hall–Kier alpha value is -3.60. The summed E-state index contributed by atoms with van der Waals surface area (Å²) in [5.41, 5.74) is 2.92. The molecule has 0 unspecified atom stereocenters. The third-order valence-electron chi connectivity index (χ3n) is 5.78. The van der Waals surface area contributed by atoms with E-state index >= 15 is 0 Å². The molecule has 5 nitrogen and oxygen atoms in total. The van der Waals surface area contributed by atoms with Gasteiger partial charge in [-0.2, -0.15) is 0 Å². The molecule has 2 aromatic carbocycles. The largest absolute Gasteiger partial charge is 0.467 e. The van der Waals surface area contributed by atoms with Crippen LogP contribution in [-0.2, 0) is 4.79 Å². The van der Waals surface area contributed by atoms with E-state index in [4.69, 9.17) is 4.42 Å². The fourth-order valence-corrected chi connectivity index (χ4v) is 4.50. The molecule has 1 aromatic heterocycles. The van der Waals surface area contributed by atoms with Gasteiger partial charge in [0.2, 0.25) is 0 Å². The quantitative estimate of drug-likeness (QED) is 0.644. The molecule has 3 aromatic rings. The number of para-hydroxylation sites is 2. The Labute approximate surface area is 175 Å². The zero-order valence-electron chi connectivity index (χ0n) is 16.6. The van der Waals surface area contributed by atoms with Crippen molar-refractivity contribution in [3.8, 4) is 0 Å². The lowest BCUT2D eigenvalue weighted by atomic mass is 9.79. The van der Waals surface area contributed by atoms with Crippen LogP contribution in [0.25, 0.3) is 0 Å². The molecule has 0 radical (unpaired) electrons. The fraction of sp³-hybridized carbons (Fsp3) is 0.200. The third kappa shape index (κ3) is 3.03. The van der Waals surface area contributed by atoms with Crippen LogP contribution >= 0.6 is 0 Å². The Morgan fingerprint density at radius 2 is 1.80 bits per heavy atom. The van der Waals surface area contributed by atoms with Crippen LogP contribution in [0, 0.1) is 11.8 Å². The van der Waals surface area contributed by atoms with Gasteiger partial charge in [-0.05, 0) is 42.3 Å². The number of benzene rings is 2. The minimum atomic E-state index is -0.574. The zero-order chi connectivity index (χ0) is 20.7. The Morgan fingerprint density at radius 1 is 1.03 bits per heavy atom. The Balaban J connectivity index is 1.76. The van der Waals surface area contributed by atoms with Crippen LogP contribution < -0.4 is 10.2 Å². The SMILES string of the molecule is C[C@H]1C=C2Nc3ccccc3N(C(=O)c3ccccc3)[C@H](c3ccco3)[C@H]2C(=O)C1. The van der Waals surface area contributed by atoms with E-state index < -0.39 is 12.0 Å². The molecule has 1 aliphatic carbocycles. The first-order valence-electron chi connectivity index (χ1n) is 10.2. The number of carbonyl (C=O) groups excluding carboxylic acids is 2. The van der Waals surface area contributed by atoms with Gasteiger partial charge < -0.3 is 9.73 Å². The minimum absolute atomic E-state index is 0.104. The molecule has 0 spiro atoms. The Morgan fingerprint density at radius 3 is 2.57 bits per heavy atom. The first-order valence-corrected chi connectivity index (χ1v) is 10.2. The number of hydrogen-bond donors (Lipinski definition) is 1. The summed E-state index contributed by atoms with van der Waals surface area (Å²) < 4.78 is 5.78. The van der Waals surface area contributed by atoms with Crippen LogP contribution in [0.15, 0.2) is 89.2 Å². The highest BCUT2D eigenvalue weighted by molar-refractivity contribution is 6.09. The van der Waals surface area contributed by atoms with E-state index in [1.807, 2.05) is 55.5 Å². The molecule has 5 rings (SSSR count). The average Bonchev–Trinajstić information content (AvgIpc) is 3.23. The van der Waals surface area contributed by atoms with Crippen molar-refractivity contribution in [1.82, 2.24) is 0 Å². The lowest BCUT2D eigenvalue weighted by Gasteiger charge is -2.35. The molecule has 150 valence electrons. The Bertz CT molecular complexity index is 1120. The lowest BCUT2D eigenvalue weighted by molar-refractivity contribution is -0.123. The maximum absolute atomic E-state index is 13.8. The molecule has 1 N–H and O–H groups in total. The van der Waals surface area contributed by atoms with Crippen molar-refractivity contribution >= 4 is 23.1 Å². The molecule has 2 aliphatic rings. The van der Waals surface area contributed by atoms with Crippen LogP contribution in [0.2, 0.25) is 0 Å². The van der Waals surface area contributed by atoms with E-state index in [9.17, 15) is 9.59 Å². The number of nitrogens with one attached hydrogen (secondary N) is 1. The molecule has 0 saturated carbocycles. The second-order valence-electron chi connectivity index (χ2n) is 7.89. The third-order valence-corrected chi connectivity index (χ3v) is 5.78. The molecular formula is C25H22N2O3. The summed E-state index contributed by atoms with van der Waals surface area (Å²) in [7, 11) is 0. The first kappa shape index (κ1) is 18.4. The molecule has 2 heterocycles. The molecule has 1 amide bonds. The number of anilines is 2. The van der Waals surface area contributed by atoms with Gasteiger partial charge in [0.1, 0.15) is 17.6 Å². The Kier molecular flexibility index (Phi) is 4.51. The van der Waals surface area contributed by atoms with Crippen molar-refractivity contribution in [2.45, 2.75) is 19.4 Å². The lowest BCUT2D eigenvalue weighted by Crippen LogP contribution is -2.42. The number of amides is 1. The highest BCUT2D eigenvalue weighted by Crippen LogP contribution is 2.47. The molecule has 0 saturated heterocycles. The van der Waals surface area contributed by atoms with Gasteiger partial charge in [0.25, 0.3) is 5.91 Å². The highest BCUT2D eigenvalue weighted by Gasteiger charge is 2.45. The predicted octanol–water partition coefficient (Wildman–Crippen LogP) is 5.20. The summed E-state index contributed by atoms with van der Waals surface area (Å²) in [5, 5.41) is 3.46. The molecule has 30 heavy (non-hydrogen) atoms. The van der Waals surface area contributed by atoms with Gasteiger partial charge in [-0.3, -0.25) is 14.5 Å². The maximum Gasteiger partial charge on any atom is 0.259 e. The number of allylic oxidation sites excluding steroid dienone is 1. The van der Waals surface area contributed by atoms with Gasteiger partial charge in [0.05, 0.1) is 23.6 Å². The molecular weight excluding hydrogens is 376 g/mol. The first-order chi connectivity index (χ1) is 14.6. The van der Waals surface area contributed by atoms with E-state index in [-0.39, 0.29) is 17.6 Å². The normalized spacial score (nSPS) is 23.0. The number of hydrogen-bond acceptors (Lipinski definition) is 4. The smallest absolute Gasteiger partial charge is 0.259 e. The summed E-state index contributed by atoms with van der Waals surface area (Å²) in [6, 6.07) is 19.9. The molecule has 0 bridgehead atoms. The topological polar surface area (TPSA) is 62.6 Å². The van der Waals surface area contributed by atoms with Crippen LogP contribution in [0.1, 0.15) is 35.5 Å². The van der Waals surface area contributed by atoms with E-state index in [1.165, 1.54) is 0 Å². The van der Waals surface area contributed by atoms with Gasteiger partial charge in [-0.25, -0.2) is 0 Å². The van der Waals surface area contributed by atoms with Gasteiger partial charge in [-0.1, -0.05) is 43.3 Å². The van der Waals surface area contributed by atoms with Gasteiger partial charge in [-0.15, -0.1) is 0 Å². The average molecular weight is 398 g/mol. The van der Waals surface area contributed by atoms with Crippen LogP contribution in [0.5, 0.6) is 0 Å². The fourth-order valence-electron chi connectivity index (χ4n) is 4.50. The second-order valence-corrected chi connectivity index (χ2v) is 7.89. The molecule has 0 fully saturated rings. The number of nitrogens with zero attached hydrogens (tertiary/aromatic N) is 1.